The van der Waals surface area contributed by atoms with Gasteiger partial charge in [0, 0.05) is 0 Å². The molecule has 0 bridgehead atoms. The zero-order valence-electron chi connectivity index (χ0n) is 3.20. The Labute approximate surface area is 37.7 Å². The molecule has 0 unspecified atom stereocenters. The van der Waals surface area contributed by atoms with Crippen LogP contribution in [0.4, 0.5) is 0 Å². The van der Waals surface area contributed by atoms with Gasteiger partial charge in [-0.2, -0.15) is 10.1 Å². The monoisotopic (exact) mass is 101 g/mol. The number of aromatic nitrogens is 2. The van der Waals surface area contributed by atoms with Crippen molar-refractivity contribution in [2.75, 3.05) is 0 Å². The Morgan fingerprint density at radius 2 is 2.71 bits per heavy atom. The Hall–Kier alpha value is -1.26. The lowest BCUT2D eigenvalue weighted by atomic mass is 10.9. The van der Waals surface area contributed by atoms with E-state index in [2.05, 4.69) is 9.79 Å². The van der Waals surface area contributed by atoms with Crippen LogP contribution in [0.5, 0.6) is 0 Å². The predicted molar refractivity (Wildman–Crippen MR) is 19.5 cm³/mol. The van der Waals surface area contributed by atoms with Crippen LogP contribution in [0.2, 0.25) is 0 Å². The molecule has 38 valence electrons. The molecule has 0 aliphatic rings. The van der Waals surface area contributed by atoms with Gasteiger partial charge in [0.2, 0.25) is 0 Å². The average molecular weight is 101 g/mol. The van der Waals surface area contributed by atoms with Gasteiger partial charge in [0.05, 0.1) is 0 Å². The zero-order valence-corrected chi connectivity index (χ0v) is 3.20. The van der Waals surface area contributed by atoms with E-state index < -0.39 is 5.56 Å². The predicted octanol–water partition coefficient (Wildman–Crippen LogP) is -0.818. The molecule has 0 aliphatic carbocycles. The maximum Gasteiger partial charge on any atom is 0.295 e. The van der Waals surface area contributed by atoms with E-state index in [9.17, 15) is 10.0 Å². The second-order valence-corrected chi connectivity index (χ2v) is 0.912. The summed E-state index contributed by atoms with van der Waals surface area (Å²) in [5, 5.41) is 12.7. The Kier molecular flexibility index (Phi) is 0.619. The van der Waals surface area contributed by atoms with Crippen molar-refractivity contribution >= 4 is 0 Å². The van der Waals surface area contributed by atoms with Crippen LogP contribution in [-0.4, -0.2) is 10.1 Å². The molecule has 0 saturated carbocycles. The van der Waals surface area contributed by atoms with E-state index >= 15 is 0 Å². The van der Waals surface area contributed by atoms with Gasteiger partial charge in [-0.3, -0.25) is 4.79 Å². The summed E-state index contributed by atoms with van der Waals surface area (Å²) in [6.45, 7) is 0. The molecular formula is C2HN2O3-. The molecule has 0 atom stereocenters. The summed E-state index contributed by atoms with van der Waals surface area (Å²) >= 11 is 0. The van der Waals surface area contributed by atoms with Crippen LogP contribution < -0.4 is 5.56 Å². The second kappa shape index (κ2) is 1.11. The van der Waals surface area contributed by atoms with E-state index in [0.29, 0.717) is 0 Å². The second-order valence-electron chi connectivity index (χ2n) is 0.912. The van der Waals surface area contributed by atoms with Crippen molar-refractivity contribution in [3.63, 3.8) is 0 Å². The summed E-state index contributed by atoms with van der Waals surface area (Å²) < 4.78 is 3.76. The van der Waals surface area contributed by atoms with Crippen LogP contribution in [0.15, 0.2) is 15.6 Å². The SMILES string of the molecule is O=c1cnon1[O-]. The first-order valence-corrected chi connectivity index (χ1v) is 1.52. The van der Waals surface area contributed by atoms with Gasteiger partial charge < -0.3 is 9.84 Å². The highest BCUT2D eigenvalue weighted by Gasteiger charge is 1.79. The van der Waals surface area contributed by atoms with Crippen molar-refractivity contribution in [2.24, 2.45) is 0 Å². The summed E-state index contributed by atoms with van der Waals surface area (Å²) in [4.78, 5) is 9.70. The van der Waals surface area contributed by atoms with Crippen LogP contribution in [-0.2, 0) is 0 Å². The molecule has 0 aromatic carbocycles. The van der Waals surface area contributed by atoms with E-state index in [1.54, 1.807) is 0 Å². The highest BCUT2D eigenvalue weighted by molar-refractivity contribution is 4.65. The van der Waals surface area contributed by atoms with E-state index in [1.165, 1.54) is 0 Å². The molecular weight excluding hydrogens is 100 g/mol. The first kappa shape index (κ1) is 3.91. The van der Waals surface area contributed by atoms with Crippen LogP contribution in [0.1, 0.15) is 0 Å². The van der Waals surface area contributed by atoms with Gasteiger partial charge in [-0.05, 0) is 0 Å². The molecule has 0 N–H and O–H groups in total. The minimum atomic E-state index is -0.778. The largest absolute Gasteiger partial charge is 0.458 e. The summed E-state index contributed by atoms with van der Waals surface area (Å²) in [7, 11) is 0. The van der Waals surface area contributed by atoms with E-state index in [0.717, 1.165) is 6.20 Å². The van der Waals surface area contributed by atoms with Crippen LogP contribution >= 0.6 is 0 Å². The highest BCUT2D eigenvalue weighted by atomic mass is 16.8. The minimum Gasteiger partial charge on any atom is -0.458 e. The average Bonchev–Trinajstić information content (AvgIpc) is 1.91. The fourth-order valence-electron chi connectivity index (χ4n) is 0.199. The van der Waals surface area contributed by atoms with Gasteiger partial charge in [0.25, 0.3) is 5.56 Å². The van der Waals surface area contributed by atoms with Crippen molar-refractivity contribution < 1.29 is 4.63 Å². The highest BCUT2D eigenvalue weighted by Crippen LogP contribution is 1.64. The standard InChI is InChI=1S/C2HN2O3/c5-2-1-3-7-4(2)6/h1H/q-1. The fourth-order valence-corrected chi connectivity index (χ4v) is 0.199. The molecule has 1 aromatic heterocycles. The molecule has 5 nitrogen and oxygen atoms in total. The van der Waals surface area contributed by atoms with Gasteiger partial charge in [0.1, 0.15) is 6.20 Å². The summed E-state index contributed by atoms with van der Waals surface area (Å²) in [6.07, 6.45) is 0.799. The summed E-state index contributed by atoms with van der Waals surface area (Å²) in [6, 6.07) is 0. The van der Waals surface area contributed by atoms with Crippen molar-refractivity contribution in [1.82, 2.24) is 10.1 Å². The van der Waals surface area contributed by atoms with Gasteiger partial charge >= 0.3 is 0 Å². The fraction of sp³-hybridized carbons (Fsp3) is 0. The molecule has 0 spiro atoms. The number of hydrogen-bond acceptors (Lipinski definition) is 4. The Morgan fingerprint density at radius 1 is 2.00 bits per heavy atom. The molecule has 0 fully saturated rings. The van der Waals surface area contributed by atoms with E-state index in [-0.39, 0.29) is 4.90 Å². The molecule has 0 radical (unpaired) electrons. The van der Waals surface area contributed by atoms with Crippen LogP contribution in [0.25, 0.3) is 0 Å². The lowest BCUT2D eigenvalue weighted by Crippen LogP contribution is -2.05. The number of hydrogen-bond donors (Lipinski definition) is 0. The summed E-state index contributed by atoms with van der Waals surface area (Å²) in [5.41, 5.74) is -0.778. The molecule has 0 amide bonds. The van der Waals surface area contributed by atoms with Crippen molar-refractivity contribution in [3.8, 4) is 0 Å². The lowest BCUT2D eigenvalue weighted by molar-refractivity contribution is 0.245. The molecule has 0 aliphatic heterocycles. The topological polar surface area (TPSA) is 71.1 Å². The molecule has 7 heavy (non-hydrogen) atoms. The quantitative estimate of drug-likeness (QED) is 0.428. The molecule has 0 saturated heterocycles. The number of nitrogens with zero attached hydrogens (tertiary/aromatic N) is 2. The van der Waals surface area contributed by atoms with Crippen LogP contribution in [0, 0.1) is 5.21 Å². The van der Waals surface area contributed by atoms with Gasteiger partial charge in [-0.15, -0.1) is 0 Å². The third-order valence-electron chi connectivity index (χ3n) is 0.464. The maximum atomic E-state index is 9.91. The van der Waals surface area contributed by atoms with Gasteiger partial charge in [-0.25, -0.2) is 0 Å². The Balaban J connectivity index is 3.39. The number of rotatable bonds is 0. The van der Waals surface area contributed by atoms with Crippen molar-refractivity contribution in [2.45, 2.75) is 0 Å². The third-order valence-corrected chi connectivity index (χ3v) is 0.464. The van der Waals surface area contributed by atoms with E-state index in [1.807, 2.05) is 0 Å². The molecule has 1 heterocycles. The van der Waals surface area contributed by atoms with Crippen LogP contribution in [0.3, 0.4) is 0 Å². The molecule has 1 rings (SSSR count). The zero-order chi connectivity index (χ0) is 5.28. The Morgan fingerprint density at radius 3 is 2.86 bits per heavy atom. The van der Waals surface area contributed by atoms with Gasteiger partial charge in [0.15, 0.2) is 0 Å². The molecule has 1 aromatic rings. The van der Waals surface area contributed by atoms with Crippen molar-refractivity contribution in [1.29, 1.82) is 0 Å². The first-order chi connectivity index (χ1) is 3.30. The third kappa shape index (κ3) is 0.466. The van der Waals surface area contributed by atoms with Crippen molar-refractivity contribution in [3.05, 3.63) is 21.8 Å². The lowest BCUT2D eigenvalue weighted by Gasteiger charge is -1.87. The van der Waals surface area contributed by atoms with Gasteiger partial charge in [-0.1, -0.05) is 0 Å². The van der Waals surface area contributed by atoms with E-state index in [4.69, 9.17) is 0 Å². The Bertz CT molecular complexity index is 199. The maximum absolute atomic E-state index is 9.91. The minimum absolute atomic E-state index is 0.208. The smallest absolute Gasteiger partial charge is 0.295 e. The first-order valence-electron chi connectivity index (χ1n) is 1.52. The molecule has 5 heteroatoms. The normalized spacial score (nSPS) is 9.14. The summed E-state index contributed by atoms with van der Waals surface area (Å²) in [5.74, 6) is 0.